The SMILES string of the molecule is Cc1ccc(-c2cccc(Nc3nc4ccccc4nc3NS(=O)(=O)c3ccc(Cl)cc3)c2)cc1. The lowest BCUT2D eigenvalue weighted by Gasteiger charge is -2.14. The average Bonchev–Trinajstić information content (AvgIpc) is 2.85. The van der Waals surface area contributed by atoms with Gasteiger partial charge in [-0.25, -0.2) is 18.4 Å². The maximum Gasteiger partial charge on any atom is 0.263 e. The first kappa shape index (κ1) is 22.8. The fourth-order valence-corrected chi connectivity index (χ4v) is 4.75. The van der Waals surface area contributed by atoms with Crippen molar-refractivity contribution in [2.24, 2.45) is 0 Å². The minimum absolute atomic E-state index is 0.0733. The predicted octanol–water partition coefficient (Wildman–Crippen LogP) is 6.80. The molecule has 0 atom stereocenters. The molecular weight excluding hydrogens is 480 g/mol. The van der Waals surface area contributed by atoms with Crippen molar-refractivity contribution in [2.45, 2.75) is 11.8 Å². The van der Waals surface area contributed by atoms with Crippen LogP contribution in [0.25, 0.3) is 22.2 Å². The van der Waals surface area contributed by atoms with Gasteiger partial charge in [-0.15, -0.1) is 0 Å². The van der Waals surface area contributed by atoms with Gasteiger partial charge in [-0.05, 0) is 66.6 Å². The first-order valence-electron chi connectivity index (χ1n) is 10.9. The van der Waals surface area contributed by atoms with Gasteiger partial charge in [0.15, 0.2) is 11.6 Å². The quantitative estimate of drug-likeness (QED) is 0.268. The number of nitrogens with one attached hydrogen (secondary N) is 2. The summed E-state index contributed by atoms with van der Waals surface area (Å²) >= 11 is 5.92. The van der Waals surface area contributed by atoms with Gasteiger partial charge in [-0.3, -0.25) is 4.72 Å². The Hall–Kier alpha value is -3.94. The van der Waals surface area contributed by atoms with Crippen LogP contribution in [-0.4, -0.2) is 18.4 Å². The van der Waals surface area contributed by atoms with Crippen molar-refractivity contribution in [3.63, 3.8) is 0 Å². The van der Waals surface area contributed by atoms with Gasteiger partial charge in [0.1, 0.15) is 0 Å². The summed E-state index contributed by atoms with van der Waals surface area (Å²) in [5, 5.41) is 3.70. The van der Waals surface area contributed by atoms with Crippen molar-refractivity contribution < 1.29 is 8.42 Å². The van der Waals surface area contributed by atoms with E-state index in [2.05, 4.69) is 44.3 Å². The van der Waals surface area contributed by atoms with Gasteiger partial charge in [0.2, 0.25) is 0 Å². The summed E-state index contributed by atoms with van der Waals surface area (Å²) in [6.45, 7) is 2.05. The second kappa shape index (κ2) is 9.37. The number of para-hydroxylation sites is 2. The molecule has 0 saturated heterocycles. The first-order valence-corrected chi connectivity index (χ1v) is 12.7. The monoisotopic (exact) mass is 500 g/mol. The molecule has 0 fully saturated rings. The zero-order valence-electron chi connectivity index (χ0n) is 18.7. The highest BCUT2D eigenvalue weighted by Gasteiger charge is 2.19. The van der Waals surface area contributed by atoms with Gasteiger partial charge in [0, 0.05) is 10.7 Å². The maximum absolute atomic E-state index is 13.1. The molecule has 0 aliphatic carbocycles. The van der Waals surface area contributed by atoms with Gasteiger partial charge < -0.3 is 5.32 Å². The summed E-state index contributed by atoms with van der Waals surface area (Å²) in [4.78, 5) is 9.28. The number of hydrogen-bond acceptors (Lipinski definition) is 5. The molecule has 6 nitrogen and oxygen atoms in total. The summed E-state index contributed by atoms with van der Waals surface area (Å²) < 4.78 is 28.7. The third-order valence-corrected chi connectivity index (χ3v) is 7.04. The second-order valence-electron chi connectivity index (χ2n) is 8.04. The molecule has 4 aromatic carbocycles. The van der Waals surface area contributed by atoms with Gasteiger partial charge in [-0.1, -0.05) is 65.7 Å². The number of rotatable bonds is 6. The van der Waals surface area contributed by atoms with Crippen LogP contribution in [-0.2, 0) is 10.0 Å². The van der Waals surface area contributed by atoms with Crippen LogP contribution in [0.4, 0.5) is 17.3 Å². The molecule has 0 amide bonds. The minimum Gasteiger partial charge on any atom is -0.337 e. The topological polar surface area (TPSA) is 84.0 Å². The largest absolute Gasteiger partial charge is 0.337 e. The van der Waals surface area contributed by atoms with E-state index in [1.807, 2.05) is 49.4 Å². The Kier molecular flexibility index (Phi) is 6.11. The van der Waals surface area contributed by atoms with Gasteiger partial charge in [0.25, 0.3) is 10.0 Å². The summed E-state index contributed by atoms with van der Waals surface area (Å²) in [7, 11) is -3.92. The molecule has 2 N–H and O–H groups in total. The van der Waals surface area contributed by atoms with E-state index >= 15 is 0 Å². The highest BCUT2D eigenvalue weighted by molar-refractivity contribution is 7.92. The van der Waals surface area contributed by atoms with Crippen molar-refractivity contribution in [1.29, 1.82) is 0 Å². The van der Waals surface area contributed by atoms with E-state index in [4.69, 9.17) is 11.6 Å². The fraction of sp³-hybridized carbons (Fsp3) is 0.0370. The van der Waals surface area contributed by atoms with E-state index in [0.29, 0.717) is 21.9 Å². The van der Waals surface area contributed by atoms with Crippen molar-refractivity contribution in [1.82, 2.24) is 9.97 Å². The van der Waals surface area contributed by atoms with E-state index < -0.39 is 10.0 Å². The predicted molar refractivity (Wildman–Crippen MR) is 142 cm³/mol. The smallest absolute Gasteiger partial charge is 0.263 e. The lowest BCUT2D eigenvalue weighted by Crippen LogP contribution is -2.16. The van der Waals surface area contributed by atoms with Crippen molar-refractivity contribution in [2.75, 3.05) is 10.0 Å². The van der Waals surface area contributed by atoms with E-state index in [1.54, 1.807) is 6.07 Å². The van der Waals surface area contributed by atoms with Crippen LogP contribution in [0.2, 0.25) is 5.02 Å². The average molecular weight is 501 g/mol. The normalized spacial score (nSPS) is 11.4. The van der Waals surface area contributed by atoms with Gasteiger partial charge in [0.05, 0.1) is 15.9 Å². The third-order valence-electron chi connectivity index (χ3n) is 5.44. The molecule has 1 aromatic heterocycles. The molecule has 0 aliphatic rings. The molecular formula is C27H21ClN4O2S. The number of sulfonamides is 1. The summed E-state index contributed by atoms with van der Waals surface area (Å²) in [6, 6.07) is 29.3. The molecule has 8 heteroatoms. The number of anilines is 3. The molecule has 0 spiro atoms. The Morgan fingerprint density at radius 3 is 2.06 bits per heavy atom. The molecule has 0 unspecified atom stereocenters. The van der Waals surface area contributed by atoms with Crippen LogP contribution in [0, 0.1) is 6.92 Å². The van der Waals surface area contributed by atoms with Crippen LogP contribution in [0.1, 0.15) is 5.56 Å². The van der Waals surface area contributed by atoms with Crippen molar-refractivity contribution in [3.05, 3.63) is 108 Å². The number of fused-ring (bicyclic) bond motifs is 1. The Morgan fingerprint density at radius 1 is 0.714 bits per heavy atom. The van der Waals surface area contributed by atoms with Gasteiger partial charge in [-0.2, -0.15) is 0 Å². The molecule has 0 aliphatic heterocycles. The number of aryl methyl sites for hydroxylation is 1. The van der Waals surface area contributed by atoms with Crippen LogP contribution in [0.3, 0.4) is 0 Å². The molecule has 174 valence electrons. The van der Waals surface area contributed by atoms with Crippen LogP contribution >= 0.6 is 11.6 Å². The minimum atomic E-state index is -3.92. The first-order chi connectivity index (χ1) is 16.9. The Labute approximate surface area is 208 Å². The molecule has 5 aromatic rings. The second-order valence-corrected chi connectivity index (χ2v) is 10.2. The number of benzene rings is 4. The number of halogens is 1. The van der Waals surface area contributed by atoms with Crippen LogP contribution in [0.5, 0.6) is 0 Å². The number of hydrogen-bond donors (Lipinski definition) is 2. The Morgan fingerprint density at radius 2 is 1.37 bits per heavy atom. The summed E-state index contributed by atoms with van der Waals surface area (Å²) in [5.74, 6) is 0.390. The molecule has 5 rings (SSSR count). The van der Waals surface area contributed by atoms with E-state index in [1.165, 1.54) is 29.8 Å². The van der Waals surface area contributed by atoms with Crippen molar-refractivity contribution >= 4 is 50.0 Å². The molecule has 0 bridgehead atoms. The number of aromatic nitrogens is 2. The Balaban J connectivity index is 1.53. The highest BCUT2D eigenvalue weighted by atomic mass is 35.5. The van der Waals surface area contributed by atoms with E-state index in [0.717, 1.165) is 16.8 Å². The highest BCUT2D eigenvalue weighted by Crippen LogP contribution is 2.29. The molecule has 1 heterocycles. The zero-order chi connectivity index (χ0) is 24.4. The number of nitrogens with zero attached hydrogens (tertiary/aromatic N) is 2. The molecule has 0 saturated carbocycles. The summed E-state index contributed by atoms with van der Waals surface area (Å²) in [6.07, 6.45) is 0. The lowest BCUT2D eigenvalue weighted by molar-refractivity contribution is 0.601. The van der Waals surface area contributed by atoms with E-state index in [9.17, 15) is 8.42 Å². The fourth-order valence-electron chi connectivity index (χ4n) is 3.62. The van der Waals surface area contributed by atoms with E-state index in [-0.39, 0.29) is 10.7 Å². The van der Waals surface area contributed by atoms with Crippen LogP contribution < -0.4 is 10.0 Å². The zero-order valence-corrected chi connectivity index (χ0v) is 20.3. The maximum atomic E-state index is 13.1. The van der Waals surface area contributed by atoms with Crippen molar-refractivity contribution in [3.8, 4) is 11.1 Å². The summed E-state index contributed by atoms with van der Waals surface area (Å²) in [5.41, 5.74) is 5.24. The standard InChI is InChI=1S/C27H21ClN4O2S/c1-18-9-11-19(12-10-18)20-5-4-6-22(17-20)29-26-27(31-25-8-3-2-7-24(25)30-26)32-35(33,34)23-15-13-21(28)14-16-23/h2-17H,1H3,(H,29,30)(H,31,32). The Bertz CT molecular complexity index is 1620. The third kappa shape index (κ3) is 5.11. The lowest BCUT2D eigenvalue weighted by atomic mass is 10.0. The molecule has 0 radical (unpaired) electrons. The van der Waals surface area contributed by atoms with Crippen LogP contribution in [0.15, 0.2) is 102 Å². The molecule has 35 heavy (non-hydrogen) atoms. The van der Waals surface area contributed by atoms with Gasteiger partial charge >= 0.3 is 0 Å².